The summed E-state index contributed by atoms with van der Waals surface area (Å²) in [6, 6.07) is 17.1. The van der Waals surface area contributed by atoms with Gasteiger partial charge >= 0.3 is 0 Å². The van der Waals surface area contributed by atoms with Gasteiger partial charge in [0.25, 0.3) is 5.91 Å². The smallest absolute Gasteiger partial charge is 0.256 e. The van der Waals surface area contributed by atoms with Crippen molar-refractivity contribution in [1.29, 1.82) is 0 Å². The molecule has 4 rings (SSSR count). The van der Waals surface area contributed by atoms with Gasteiger partial charge in [-0.2, -0.15) is 0 Å². The van der Waals surface area contributed by atoms with Gasteiger partial charge in [-0.1, -0.05) is 81.4 Å². The highest BCUT2D eigenvalue weighted by Crippen LogP contribution is 2.26. The van der Waals surface area contributed by atoms with Crippen molar-refractivity contribution in [3.63, 3.8) is 0 Å². The van der Waals surface area contributed by atoms with Crippen molar-refractivity contribution in [2.45, 2.75) is 78.0 Å². The summed E-state index contributed by atoms with van der Waals surface area (Å²) >= 11 is 0. The largest absolute Gasteiger partial charge is 0.350 e. The first kappa shape index (κ1) is 35.8. The lowest BCUT2D eigenvalue weighted by atomic mass is 9.98. The average molecular weight is 655 g/mol. The van der Waals surface area contributed by atoms with E-state index in [0.717, 1.165) is 11.1 Å². The Labute approximate surface area is 282 Å². The molecule has 11 heteroatoms. The summed E-state index contributed by atoms with van der Waals surface area (Å²) in [5.41, 5.74) is 3.15. The molecule has 254 valence electrons. The number of carbonyl (C=O) groups excluding carboxylic acids is 5. The van der Waals surface area contributed by atoms with Crippen molar-refractivity contribution in [3.8, 4) is 11.1 Å². The Kier molecular flexibility index (Phi) is 12.4. The van der Waals surface area contributed by atoms with E-state index in [1.807, 2.05) is 81.4 Å². The summed E-state index contributed by atoms with van der Waals surface area (Å²) in [4.78, 5) is 74.4. The molecule has 3 aromatic rings. The quantitative estimate of drug-likeness (QED) is 0.308. The molecule has 0 aliphatic carbocycles. The van der Waals surface area contributed by atoms with Gasteiger partial charge in [-0.25, -0.2) is 0 Å². The molecule has 4 atom stereocenters. The third-order valence-electron chi connectivity index (χ3n) is 8.37. The fraction of sp³-hybridized carbons (Fsp3) is 0.405. The summed E-state index contributed by atoms with van der Waals surface area (Å²) in [6.45, 7) is 8.63. The predicted molar refractivity (Wildman–Crippen MR) is 184 cm³/mol. The zero-order chi connectivity index (χ0) is 34.8. The molecular formula is C37H46N6O5. The molecule has 1 aliphatic rings. The van der Waals surface area contributed by atoms with Crippen LogP contribution in [0.2, 0.25) is 0 Å². The van der Waals surface area contributed by atoms with Gasteiger partial charge in [0.2, 0.25) is 23.6 Å². The molecule has 1 aliphatic heterocycles. The predicted octanol–water partition coefficient (Wildman–Crippen LogP) is 3.17. The minimum Gasteiger partial charge on any atom is -0.350 e. The maximum atomic E-state index is 14.4. The number of carbonyl (C=O) groups is 5. The molecule has 5 amide bonds. The Balaban J connectivity index is 1.73. The second-order valence-corrected chi connectivity index (χ2v) is 12.7. The maximum Gasteiger partial charge on any atom is 0.256 e. The zero-order valence-electron chi connectivity index (χ0n) is 28.3. The molecule has 0 saturated carbocycles. The van der Waals surface area contributed by atoms with Crippen LogP contribution in [-0.4, -0.2) is 76.7 Å². The Morgan fingerprint density at radius 1 is 0.854 bits per heavy atom. The molecule has 1 aromatic heterocycles. The van der Waals surface area contributed by atoms with E-state index in [2.05, 4.69) is 26.3 Å². The first-order valence-corrected chi connectivity index (χ1v) is 16.5. The fourth-order valence-electron chi connectivity index (χ4n) is 5.77. The summed E-state index contributed by atoms with van der Waals surface area (Å²) in [5, 5.41) is 11.4. The second kappa shape index (κ2) is 16.7. The molecule has 0 bridgehead atoms. The minimum atomic E-state index is -0.996. The van der Waals surface area contributed by atoms with Crippen LogP contribution < -0.4 is 21.3 Å². The van der Waals surface area contributed by atoms with Gasteiger partial charge in [0.05, 0.1) is 17.8 Å². The number of pyridine rings is 1. The van der Waals surface area contributed by atoms with Gasteiger partial charge in [-0.05, 0) is 55.4 Å². The number of nitrogens with one attached hydrogen (secondary N) is 4. The lowest BCUT2D eigenvalue weighted by molar-refractivity contribution is -0.133. The summed E-state index contributed by atoms with van der Waals surface area (Å²) in [5.74, 6) is -2.42. The van der Waals surface area contributed by atoms with Crippen molar-refractivity contribution < 1.29 is 24.0 Å². The van der Waals surface area contributed by atoms with E-state index in [4.69, 9.17) is 0 Å². The van der Waals surface area contributed by atoms with Crippen molar-refractivity contribution >= 4 is 29.5 Å². The third kappa shape index (κ3) is 9.49. The Bertz CT molecular complexity index is 1600. The standard InChI is InChI=1S/C37H46N6O5/c1-6-28-21-43(37(48)33-24(4)38-18-17-29(33)27-15-11-8-12-16-27)22-32(44)39-25(5)34(45)41-30(19-23(2)3)36(47)42-31(35(46)40-28)20-26-13-9-7-10-14-26/h7-18,23,25,28,30-31H,6,19-22H2,1-5H3,(H,39,44)(H,40,46)(H,41,45)(H,42,47)/t25-,28+,30+,31+/m1/s1. The number of amides is 5. The zero-order valence-corrected chi connectivity index (χ0v) is 28.3. The van der Waals surface area contributed by atoms with Crippen LogP contribution in [0.3, 0.4) is 0 Å². The molecular weight excluding hydrogens is 608 g/mol. The molecule has 11 nitrogen and oxygen atoms in total. The van der Waals surface area contributed by atoms with E-state index >= 15 is 0 Å². The Morgan fingerprint density at radius 2 is 1.48 bits per heavy atom. The topological polar surface area (TPSA) is 150 Å². The SMILES string of the molecule is CC[C@H]1CN(C(=O)c2c(-c3ccccc3)ccnc2C)CC(=O)N[C@H](C)C(=O)N[C@@H](CC(C)C)C(=O)N[C@@H](Cc2ccccc2)C(=O)N1. The normalized spacial score (nSPS) is 21.3. The van der Waals surface area contributed by atoms with Crippen molar-refractivity contribution in [2.24, 2.45) is 5.92 Å². The molecule has 1 fully saturated rings. The van der Waals surface area contributed by atoms with Crippen LogP contribution in [0.5, 0.6) is 0 Å². The fourth-order valence-corrected chi connectivity index (χ4v) is 5.77. The number of hydrogen-bond donors (Lipinski definition) is 4. The average Bonchev–Trinajstić information content (AvgIpc) is 3.06. The van der Waals surface area contributed by atoms with Crippen LogP contribution in [0.4, 0.5) is 0 Å². The van der Waals surface area contributed by atoms with Crippen LogP contribution in [0.15, 0.2) is 72.9 Å². The van der Waals surface area contributed by atoms with Crippen LogP contribution in [0.1, 0.15) is 62.2 Å². The number of rotatable bonds is 7. The van der Waals surface area contributed by atoms with E-state index in [9.17, 15) is 24.0 Å². The molecule has 0 radical (unpaired) electrons. The number of nitrogens with zero attached hydrogens (tertiary/aromatic N) is 2. The number of benzene rings is 2. The molecule has 48 heavy (non-hydrogen) atoms. The first-order chi connectivity index (χ1) is 23.0. The van der Waals surface area contributed by atoms with Crippen molar-refractivity contribution in [2.75, 3.05) is 13.1 Å². The van der Waals surface area contributed by atoms with E-state index in [0.29, 0.717) is 29.7 Å². The third-order valence-corrected chi connectivity index (χ3v) is 8.37. The first-order valence-electron chi connectivity index (χ1n) is 16.5. The highest BCUT2D eigenvalue weighted by atomic mass is 16.2. The number of hydrogen-bond acceptors (Lipinski definition) is 6. The Hall–Kier alpha value is -5.06. The van der Waals surface area contributed by atoms with Crippen LogP contribution in [-0.2, 0) is 25.6 Å². The summed E-state index contributed by atoms with van der Waals surface area (Å²) in [6.07, 6.45) is 2.61. The van der Waals surface area contributed by atoms with Gasteiger partial charge in [0, 0.05) is 25.2 Å². The van der Waals surface area contributed by atoms with Gasteiger partial charge < -0.3 is 26.2 Å². The molecule has 2 aromatic carbocycles. The summed E-state index contributed by atoms with van der Waals surface area (Å²) in [7, 11) is 0. The molecule has 0 spiro atoms. The lowest BCUT2D eigenvalue weighted by Crippen LogP contribution is -2.57. The van der Waals surface area contributed by atoms with Gasteiger partial charge in [-0.3, -0.25) is 29.0 Å². The van der Waals surface area contributed by atoms with Crippen molar-refractivity contribution in [3.05, 3.63) is 89.7 Å². The maximum absolute atomic E-state index is 14.4. The van der Waals surface area contributed by atoms with E-state index in [1.54, 1.807) is 19.2 Å². The molecule has 1 saturated heterocycles. The van der Waals surface area contributed by atoms with Gasteiger partial charge in [-0.15, -0.1) is 0 Å². The second-order valence-electron chi connectivity index (χ2n) is 12.7. The highest BCUT2D eigenvalue weighted by molar-refractivity contribution is 6.03. The van der Waals surface area contributed by atoms with E-state index in [1.165, 1.54) is 11.8 Å². The minimum absolute atomic E-state index is 0.000384. The number of aryl methyl sites for hydroxylation is 1. The van der Waals surface area contributed by atoms with E-state index < -0.39 is 53.7 Å². The van der Waals surface area contributed by atoms with Crippen LogP contribution in [0, 0.1) is 12.8 Å². The van der Waals surface area contributed by atoms with Gasteiger partial charge in [0.1, 0.15) is 18.1 Å². The molecule has 4 N–H and O–H groups in total. The lowest BCUT2D eigenvalue weighted by Gasteiger charge is -2.30. The highest BCUT2D eigenvalue weighted by Gasteiger charge is 2.32. The van der Waals surface area contributed by atoms with Crippen molar-refractivity contribution in [1.82, 2.24) is 31.2 Å². The molecule has 2 heterocycles. The van der Waals surface area contributed by atoms with E-state index in [-0.39, 0.29) is 25.4 Å². The monoisotopic (exact) mass is 654 g/mol. The van der Waals surface area contributed by atoms with Crippen LogP contribution in [0.25, 0.3) is 11.1 Å². The van der Waals surface area contributed by atoms with Crippen LogP contribution >= 0.6 is 0 Å². The Morgan fingerprint density at radius 3 is 2.12 bits per heavy atom. The number of aromatic nitrogens is 1. The molecule has 0 unspecified atom stereocenters. The van der Waals surface area contributed by atoms with Gasteiger partial charge in [0.15, 0.2) is 0 Å². The summed E-state index contributed by atoms with van der Waals surface area (Å²) < 4.78 is 0.